The Hall–Kier alpha value is -1.80. The Balaban J connectivity index is 2.06. The molecule has 2 aliphatic rings. The van der Waals surface area contributed by atoms with Crippen LogP contribution in [0.2, 0.25) is 0 Å². The summed E-state index contributed by atoms with van der Waals surface area (Å²) in [6.07, 6.45) is 2.70. The van der Waals surface area contributed by atoms with Gasteiger partial charge >= 0.3 is 12.1 Å². The number of rotatable bonds is 4. The van der Waals surface area contributed by atoms with Crippen LogP contribution in [0.15, 0.2) is 16.3 Å². The third kappa shape index (κ3) is 5.60. The van der Waals surface area contributed by atoms with Crippen molar-refractivity contribution in [2.24, 2.45) is 10.9 Å². The van der Waals surface area contributed by atoms with E-state index >= 15 is 0 Å². The minimum absolute atomic E-state index is 0.0124. The molecule has 8 nitrogen and oxygen atoms in total. The molecule has 2 unspecified atom stereocenters. The van der Waals surface area contributed by atoms with Crippen molar-refractivity contribution in [3.05, 3.63) is 11.4 Å². The fourth-order valence-electron chi connectivity index (χ4n) is 3.05. The Kier molecular flexibility index (Phi) is 6.52. The SMILES string of the molecule is CC1CCN(N2CC(C(=O)O)=NC=C2Cl)C(CNC(=O)OC(C)(C)C)C1. The number of carboxylic acids is 1. The minimum Gasteiger partial charge on any atom is -0.477 e. The van der Waals surface area contributed by atoms with E-state index in [9.17, 15) is 14.7 Å². The van der Waals surface area contributed by atoms with Crippen LogP contribution in [0, 0.1) is 5.92 Å². The molecule has 1 amide bonds. The Morgan fingerprint density at radius 2 is 2.15 bits per heavy atom. The van der Waals surface area contributed by atoms with Gasteiger partial charge in [0.25, 0.3) is 0 Å². The number of aliphatic carboxylic acids is 1. The third-order valence-corrected chi connectivity index (χ3v) is 4.55. The van der Waals surface area contributed by atoms with Crippen molar-refractivity contribution >= 4 is 29.4 Å². The van der Waals surface area contributed by atoms with E-state index in [1.165, 1.54) is 6.20 Å². The van der Waals surface area contributed by atoms with E-state index in [0.717, 1.165) is 19.4 Å². The molecule has 0 saturated carbocycles. The monoisotopic (exact) mass is 386 g/mol. The maximum absolute atomic E-state index is 12.0. The molecule has 1 fully saturated rings. The molecule has 0 aromatic rings. The molecule has 2 aliphatic heterocycles. The van der Waals surface area contributed by atoms with Crippen LogP contribution in [0.5, 0.6) is 0 Å². The van der Waals surface area contributed by atoms with Gasteiger partial charge in [0.2, 0.25) is 0 Å². The van der Waals surface area contributed by atoms with Crippen LogP contribution in [-0.2, 0) is 9.53 Å². The van der Waals surface area contributed by atoms with Gasteiger partial charge in [0.05, 0.1) is 12.7 Å². The summed E-state index contributed by atoms with van der Waals surface area (Å²) in [6, 6.07) is -0.0124. The Morgan fingerprint density at radius 1 is 1.46 bits per heavy atom. The maximum atomic E-state index is 12.0. The molecule has 26 heavy (non-hydrogen) atoms. The number of hydrogen-bond acceptors (Lipinski definition) is 6. The molecule has 2 rings (SSSR count). The summed E-state index contributed by atoms with van der Waals surface area (Å²) in [4.78, 5) is 27.1. The molecule has 2 N–H and O–H groups in total. The zero-order valence-corrected chi connectivity index (χ0v) is 16.4. The van der Waals surface area contributed by atoms with Crippen molar-refractivity contribution in [1.29, 1.82) is 0 Å². The first-order valence-electron chi connectivity index (χ1n) is 8.73. The number of hydrogen-bond donors (Lipinski definition) is 2. The van der Waals surface area contributed by atoms with Gasteiger partial charge in [0.1, 0.15) is 16.5 Å². The molecule has 2 heterocycles. The van der Waals surface area contributed by atoms with Crippen LogP contribution in [0.1, 0.15) is 40.5 Å². The van der Waals surface area contributed by atoms with Gasteiger partial charge in [-0.2, -0.15) is 0 Å². The maximum Gasteiger partial charge on any atom is 0.407 e. The summed E-state index contributed by atoms with van der Waals surface area (Å²) >= 11 is 6.27. The number of aliphatic imine (C=N–C) groups is 1. The lowest BCUT2D eigenvalue weighted by Crippen LogP contribution is -2.57. The molecule has 9 heteroatoms. The second-order valence-corrected chi connectivity index (χ2v) is 8.11. The number of ether oxygens (including phenoxy) is 1. The van der Waals surface area contributed by atoms with Gasteiger partial charge in [-0.1, -0.05) is 18.5 Å². The average Bonchev–Trinajstić information content (AvgIpc) is 2.52. The van der Waals surface area contributed by atoms with Crippen molar-refractivity contribution < 1.29 is 19.4 Å². The van der Waals surface area contributed by atoms with Crippen LogP contribution in [0.3, 0.4) is 0 Å². The van der Waals surface area contributed by atoms with Crippen molar-refractivity contribution in [2.45, 2.75) is 52.2 Å². The van der Waals surface area contributed by atoms with Crippen LogP contribution in [-0.4, -0.2) is 64.2 Å². The normalized spacial score (nSPS) is 24.6. The highest BCUT2D eigenvalue weighted by Crippen LogP contribution is 2.28. The van der Waals surface area contributed by atoms with E-state index in [4.69, 9.17) is 16.3 Å². The van der Waals surface area contributed by atoms with Crippen LogP contribution in [0.25, 0.3) is 0 Å². The average molecular weight is 387 g/mol. The minimum atomic E-state index is -1.07. The highest BCUT2D eigenvalue weighted by atomic mass is 35.5. The van der Waals surface area contributed by atoms with Gasteiger partial charge in [-0.25, -0.2) is 19.6 Å². The second-order valence-electron chi connectivity index (χ2n) is 7.72. The van der Waals surface area contributed by atoms with Gasteiger partial charge in [-0.15, -0.1) is 0 Å². The first-order valence-corrected chi connectivity index (χ1v) is 9.11. The van der Waals surface area contributed by atoms with Crippen LogP contribution in [0.4, 0.5) is 4.79 Å². The first-order chi connectivity index (χ1) is 12.1. The zero-order chi connectivity index (χ0) is 19.5. The summed E-state index contributed by atoms with van der Waals surface area (Å²) < 4.78 is 5.29. The molecular formula is C17H27ClN4O4. The molecule has 2 atom stereocenters. The quantitative estimate of drug-likeness (QED) is 0.720. The van der Waals surface area contributed by atoms with Crippen molar-refractivity contribution in [3.8, 4) is 0 Å². The largest absolute Gasteiger partial charge is 0.477 e. The third-order valence-electron chi connectivity index (χ3n) is 4.26. The van der Waals surface area contributed by atoms with Gasteiger partial charge in [0, 0.05) is 19.1 Å². The number of carboxylic acid groups (broad SMARTS) is 1. The second kappa shape index (κ2) is 8.26. The molecule has 0 aromatic carbocycles. The molecule has 0 aromatic heterocycles. The number of amides is 1. The first kappa shape index (κ1) is 20.5. The smallest absolute Gasteiger partial charge is 0.407 e. The van der Waals surface area contributed by atoms with Crippen molar-refractivity contribution in [1.82, 2.24) is 15.3 Å². The number of nitrogens with zero attached hydrogens (tertiary/aromatic N) is 3. The lowest BCUT2D eigenvalue weighted by Gasteiger charge is -2.46. The molecular weight excluding hydrogens is 360 g/mol. The van der Waals surface area contributed by atoms with E-state index < -0.39 is 17.7 Å². The topological polar surface area (TPSA) is 94.5 Å². The molecule has 0 bridgehead atoms. The Morgan fingerprint density at radius 3 is 2.77 bits per heavy atom. The molecule has 0 spiro atoms. The fraction of sp³-hybridized carbons (Fsp3) is 0.706. The Labute approximate surface area is 158 Å². The molecule has 0 radical (unpaired) electrons. The van der Waals surface area contributed by atoms with Crippen molar-refractivity contribution in [2.75, 3.05) is 19.6 Å². The number of hydrazine groups is 1. The van der Waals surface area contributed by atoms with Crippen LogP contribution < -0.4 is 5.32 Å². The van der Waals surface area contributed by atoms with E-state index in [-0.39, 0.29) is 18.3 Å². The standard InChI is InChI=1S/C17H27ClN4O4/c1-11-5-6-21(22-10-13(15(23)24)19-9-14(22)18)12(7-11)8-20-16(25)26-17(2,3)4/h9,11-12H,5-8,10H2,1-4H3,(H,20,25)(H,23,24). The Bertz CT molecular complexity index is 614. The van der Waals surface area contributed by atoms with E-state index in [0.29, 0.717) is 17.6 Å². The summed E-state index contributed by atoms with van der Waals surface area (Å²) in [5.41, 5.74) is -0.526. The molecule has 146 valence electrons. The highest BCUT2D eigenvalue weighted by Gasteiger charge is 2.34. The molecule has 0 aliphatic carbocycles. The zero-order valence-electron chi connectivity index (χ0n) is 15.7. The number of piperidine rings is 1. The van der Waals surface area contributed by atoms with Gasteiger partial charge < -0.3 is 15.2 Å². The van der Waals surface area contributed by atoms with Gasteiger partial charge in [-0.05, 0) is 39.5 Å². The van der Waals surface area contributed by atoms with E-state index in [1.54, 1.807) is 5.01 Å². The van der Waals surface area contributed by atoms with Gasteiger partial charge in [0.15, 0.2) is 0 Å². The highest BCUT2D eigenvalue weighted by molar-refractivity contribution is 6.38. The summed E-state index contributed by atoms with van der Waals surface area (Å²) in [5.74, 6) is -0.568. The predicted octanol–water partition coefficient (Wildman–Crippen LogP) is 2.41. The van der Waals surface area contributed by atoms with E-state index in [1.807, 2.05) is 25.8 Å². The van der Waals surface area contributed by atoms with Crippen molar-refractivity contribution in [3.63, 3.8) is 0 Å². The summed E-state index contributed by atoms with van der Waals surface area (Å²) in [5, 5.41) is 16.1. The number of halogens is 1. The fourth-order valence-corrected chi connectivity index (χ4v) is 3.26. The molecule has 1 saturated heterocycles. The summed E-state index contributed by atoms with van der Waals surface area (Å²) in [6.45, 7) is 8.81. The van der Waals surface area contributed by atoms with E-state index in [2.05, 4.69) is 17.2 Å². The number of carbonyl (C=O) groups excluding carboxylic acids is 1. The summed E-state index contributed by atoms with van der Waals surface area (Å²) in [7, 11) is 0. The number of nitrogens with one attached hydrogen (secondary N) is 1. The predicted molar refractivity (Wildman–Crippen MR) is 98.8 cm³/mol. The van der Waals surface area contributed by atoms with Crippen LogP contribution >= 0.6 is 11.6 Å². The van der Waals surface area contributed by atoms with Gasteiger partial charge in [-0.3, -0.25) is 5.01 Å². The number of alkyl carbamates (subject to hydrolysis) is 1. The lowest BCUT2D eigenvalue weighted by molar-refractivity contribution is -0.130. The number of carbonyl (C=O) groups is 2. The lowest BCUT2D eigenvalue weighted by atomic mass is 9.93.